The van der Waals surface area contributed by atoms with Crippen LogP contribution in [0.2, 0.25) is 5.02 Å². The zero-order chi connectivity index (χ0) is 23.7. The maximum atomic E-state index is 13.7. The molecule has 5 rings (SSSR count). The number of amides is 1. The summed E-state index contributed by atoms with van der Waals surface area (Å²) in [5.41, 5.74) is 2.66. The number of H-pyrrole nitrogens is 1. The lowest BCUT2D eigenvalue weighted by Gasteiger charge is -2.34. The topological polar surface area (TPSA) is 122 Å². The van der Waals surface area contributed by atoms with Crippen molar-refractivity contribution in [2.45, 2.75) is 18.9 Å². The Morgan fingerprint density at radius 2 is 2.09 bits per heavy atom. The molecule has 4 heterocycles. The van der Waals surface area contributed by atoms with E-state index in [-0.39, 0.29) is 17.8 Å². The number of nitrogens with one attached hydrogen (secondary N) is 2. The van der Waals surface area contributed by atoms with Crippen LogP contribution in [-0.4, -0.2) is 49.9 Å². The molecule has 34 heavy (non-hydrogen) atoms. The van der Waals surface area contributed by atoms with Gasteiger partial charge in [-0.2, -0.15) is 5.10 Å². The Kier molecular flexibility index (Phi) is 5.99. The smallest absolute Gasteiger partial charge is 0.315 e. The van der Waals surface area contributed by atoms with Crippen molar-refractivity contribution in [3.8, 4) is 22.6 Å². The van der Waals surface area contributed by atoms with Crippen LogP contribution >= 0.6 is 11.6 Å². The Hall–Kier alpha value is -3.76. The van der Waals surface area contributed by atoms with Crippen molar-refractivity contribution in [2.24, 2.45) is 7.05 Å². The SMILES string of the molecule is Cn1ncc(-c2ccc(C(=O)N(c3ncccc3Cl)[C@@H]3CCCNC3)cc2)c1-c1noc(=O)[nH]1. The molecule has 174 valence electrons. The molecule has 1 aliphatic rings. The predicted molar refractivity (Wildman–Crippen MR) is 127 cm³/mol. The van der Waals surface area contributed by atoms with Gasteiger partial charge in [-0.3, -0.25) is 23.9 Å². The number of aryl methyl sites for hydroxylation is 1. The fourth-order valence-corrected chi connectivity index (χ4v) is 4.45. The molecule has 0 unspecified atom stereocenters. The molecule has 2 N–H and O–H groups in total. The normalized spacial score (nSPS) is 15.9. The van der Waals surface area contributed by atoms with Crippen LogP contribution in [0.25, 0.3) is 22.6 Å². The fourth-order valence-electron chi connectivity index (χ4n) is 4.24. The van der Waals surface area contributed by atoms with Gasteiger partial charge in [0.25, 0.3) is 5.91 Å². The summed E-state index contributed by atoms with van der Waals surface area (Å²) in [5, 5.41) is 11.8. The highest BCUT2D eigenvalue weighted by Gasteiger charge is 2.30. The van der Waals surface area contributed by atoms with E-state index in [1.807, 2.05) is 12.1 Å². The molecule has 10 nitrogen and oxygen atoms in total. The highest BCUT2D eigenvalue weighted by atomic mass is 35.5. The minimum atomic E-state index is -0.645. The molecule has 3 aromatic heterocycles. The number of anilines is 1. The molecule has 0 spiro atoms. The number of piperidine rings is 1. The maximum Gasteiger partial charge on any atom is 0.439 e. The summed E-state index contributed by atoms with van der Waals surface area (Å²) in [6.07, 6.45) is 5.14. The van der Waals surface area contributed by atoms with E-state index in [9.17, 15) is 9.59 Å². The standard InChI is InChI=1S/C23H22ClN7O3/c1-30-19(20-28-23(33)34-29-20)17(13-27-30)14-6-8-15(9-7-14)22(32)31(16-4-2-10-25-12-16)21-18(24)5-3-11-26-21/h3,5-9,11,13,16,25H,2,4,10,12H2,1H3,(H,28,29,33)/t16-/m1/s1. The number of aromatic amines is 1. The first-order valence-electron chi connectivity index (χ1n) is 10.9. The zero-order valence-electron chi connectivity index (χ0n) is 18.4. The molecule has 1 fully saturated rings. The molecule has 1 saturated heterocycles. The number of nitrogens with zero attached hydrogens (tertiary/aromatic N) is 5. The fraction of sp³-hybridized carbons (Fsp3) is 0.261. The Labute approximate surface area is 199 Å². The first-order chi connectivity index (χ1) is 16.5. The van der Waals surface area contributed by atoms with E-state index in [0.29, 0.717) is 28.6 Å². The van der Waals surface area contributed by atoms with Gasteiger partial charge in [0, 0.05) is 30.9 Å². The number of pyridine rings is 1. The van der Waals surface area contributed by atoms with Gasteiger partial charge >= 0.3 is 5.76 Å². The highest BCUT2D eigenvalue weighted by Crippen LogP contribution is 2.31. The van der Waals surface area contributed by atoms with Crippen molar-refractivity contribution in [1.29, 1.82) is 0 Å². The van der Waals surface area contributed by atoms with Crippen molar-refractivity contribution in [3.05, 3.63) is 69.9 Å². The van der Waals surface area contributed by atoms with E-state index in [1.54, 1.807) is 53.3 Å². The third-order valence-corrected chi connectivity index (χ3v) is 6.16. The second-order valence-corrected chi connectivity index (χ2v) is 8.44. The minimum Gasteiger partial charge on any atom is -0.315 e. The highest BCUT2D eigenvalue weighted by molar-refractivity contribution is 6.33. The molecule has 11 heteroatoms. The van der Waals surface area contributed by atoms with Crippen LogP contribution in [0.3, 0.4) is 0 Å². The van der Waals surface area contributed by atoms with Gasteiger partial charge in [0.1, 0.15) is 5.69 Å². The first kappa shape index (κ1) is 22.1. The Balaban J connectivity index is 1.48. The number of hydrogen-bond acceptors (Lipinski definition) is 7. The first-order valence-corrected chi connectivity index (χ1v) is 11.2. The van der Waals surface area contributed by atoms with Crippen LogP contribution < -0.4 is 16.0 Å². The van der Waals surface area contributed by atoms with Crippen molar-refractivity contribution in [2.75, 3.05) is 18.0 Å². The van der Waals surface area contributed by atoms with E-state index in [0.717, 1.165) is 30.5 Å². The van der Waals surface area contributed by atoms with E-state index in [4.69, 9.17) is 11.6 Å². The molecule has 1 atom stereocenters. The number of hydrogen-bond donors (Lipinski definition) is 2. The Morgan fingerprint density at radius 3 is 2.76 bits per heavy atom. The zero-order valence-corrected chi connectivity index (χ0v) is 19.1. The number of benzene rings is 1. The molecule has 1 amide bonds. The van der Waals surface area contributed by atoms with Crippen LogP contribution in [0.5, 0.6) is 0 Å². The van der Waals surface area contributed by atoms with Crippen LogP contribution in [0.4, 0.5) is 5.82 Å². The molecule has 1 aromatic carbocycles. The average molecular weight is 480 g/mol. The number of carbonyl (C=O) groups excluding carboxylic acids is 1. The van der Waals surface area contributed by atoms with E-state index < -0.39 is 5.76 Å². The summed E-state index contributed by atoms with van der Waals surface area (Å²) >= 11 is 6.43. The van der Waals surface area contributed by atoms with E-state index >= 15 is 0 Å². The minimum absolute atomic E-state index is 0.0535. The molecular formula is C23H22ClN7O3. The lowest BCUT2D eigenvalue weighted by Crippen LogP contribution is -2.49. The van der Waals surface area contributed by atoms with Gasteiger partial charge in [-0.05, 0) is 49.2 Å². The lowest BCUT2D eigenvalue weighted by molar-refractivity contribution is 0.0971. The molecular weight excluding hydrogens is 458 g/mol. The average Bonchev–Trinajstić information content (AvgIpc) is 3.46. The maximum absolute atomic E-state index is 13.7. The van der Waals surface area contributed by atoms with E-state index in [1.165, 1.54) is 0 Å². The van der Waals surface area contributed by atoms with Crippen LogP contribution in [0.1, 0.15) is 23.2 Å². The summed E-state index contributed by atoms with van der Waals surface area (Å²) in [4.78, 5) is 33.7. The molecule has 0 radical (unpaired) electrons. The number of halogens is 1. The van der Waals surface area contributed by atoms with Crippen molar-refractivity contribution < 1.29 is 9.32 Å². The van der Waals surface area contributed by atoms with Crippen molar-refractivity contribution in [3.63, 3.8) is 0 Å². The largest absolute Gasteiger partial charge is 0.439 e. The Morgan fingerprint density at radius 1 is 1.26 bits per heavy atom. The van der Waals surface area contributed by atoms with Gasteiger partial charge in [0.05, 0.1) is 17.3 Å². The van der Waals surface area contributed by atoms with Gasteiger partial charge in [0.15, 0.2) is 5.82 Å². The number of carbonyl (C=O) groups is 1. The summed E-state index contributed by atoms with van der Waals surface area (Å²) < 4.78 is 6.25. The van der Waals surface area contributed by atoms with Gasteiger partial charge in [-0.15, -0.1) is 0 Å². The second-order valence-electron chi connectivity index (χ2n) is 8.04. The van der Waals surface area contributed by atoms with E-state index in [2.05, 4.69) is 30.1 Å². The summed E-state index contributed by atoms with van der Waals surface area (Å²) in [5.74, 6) is -0.0842. The van der Waals surface area contributed by atoms with Crippen molar-refractivity contribution >= 4 is 23.3 Å². The molecule has 0 saturated carbocycles. The summed E-state index contributed by atoms with van der Waals surface area (Å²) in [7, 11) is 1.75. The predicted octanol–water partition coefficient (Wildman–Crippen LogP) is 2.88. The molecule has 1 aliphatic heterocycles. The third kappa shape index (κ3) is 4.13. The Bertz CT molecular complexity index is 1370. The van der Waals surface area contributed by atoms with Gasteiger partial charge in [-0.25, -0.2) is 9.78 Å². The molecule has 0 aliphatic carbocycles. The molecule has 4 aromatic rings. The van der Waals surface area contributed by atoms with Crippen LogP contribution in [0, 0.1) is 0 Å². The van der Waals surface area contributed by atoms with Gasteiger partial charge in [-0.1, -0.05) is 28.9 Å². The lowest BCUT2D eigenvalue weighted by atomic mass is 10.0. The summed E-state index contributed by atoms with van der Waals surface area (Å²) in [6.45, 7) is 1.60. The van der Waals surface area contributed by atoms with Gasteiger partial charge in [0.2, 0.25) is 5.82 Å². The number of rotatable bonds is 5. The quantitative estimate of drug-likeness (QED) is 0.451. The van der Waals surface area contributed by atoms with Crippen molar-refractivity contribution in [1.82, 2.24) is 30.2 Å². The summed E-state index contributed by atoms with van der Waals surface area (Å²) in [6, 6.07) is 10.6. The third-order valence-electron chi connectivity index (χ3n) is 5.87. The van der Waals surface area contributed by atoms with Crippen LogP contribution in [-0.2, 0) is 7.05 Å². The van der Waals surface area contributed by atoms with Crippen LogP contribution in [0.15, 0.2) is 58.1 Å². The van der Waals surface area contributed by atoms with Gasteiger partial charge < -0.3 is 5.32 Å². The molecule has 0 bridgehead atoms. The number of aromatic nitrogens is 5. The second kappa shape index (κ2) is 9.24. The monoisotopic (exact) mass is 479 g/mol.